The molecule has 4 aromatic rings. The third-order valence-electron chi connectivity index (χ3n) is 4.31. The van der Waals surface area contributed by atoms with Crippen molar-refractivity contribution >= 4 is 48.3 Å². The number of nitrogens with zero attached hydrogens (tertiary/aromatic N) is 2. The van der Waals surface area contributed by atoms with Crippen LogP contribution in [0.3, 0.4) is 0 Å². The Balaban J connectivity index is 1.41. The molecule has 2 aromatic heterocycles. The molecule has 1 N–H and O–H groups in total. The number of benzene rings is 2. The second kappa shape index (κ2) is 7.65. The largest absolute Gasteiger partial charge is 0.274 e. The van der Waals surface area contributed by atoms with Gasteiger partial charge in [-0.1, -0.05) is 24.3 Å². The zero-order valence-corrected chi connectivity index (χ0v) is 16.5. The molecule has 142 valence electrons. The van der Waals surface area contributed by atoms with Crippen molar-refractivity contribution in [1.29, 1.82) is 0 Å². The van der Waals surface area contributed by atoms with Crippen molar-refractivity contribution < 1.29 is 13.2 Å². The summed E-state index contributed by atoms with van der Waals surface area (Å²) in [5.41, 5.74) is 0.944. The predicted octanol–water partition coefficient (Wildman–Crippen LogP) is 3.67. The Labute approximate surface area is 166 Å². The average molecular weight is 412 g/mol. The number of hydrogen-bond acceptors (Lipinski definition) is 6. The second-order valence-electron chi connectivity index (χ2n) is 6.31. The van der Waals surface area contributed by atoms with Crippen LogP contribution in [0.15, 0.2) is 65.8 Å². The van der Waals surface area contributed by atoms with E-state index in [-0.39, 0.29) is 11.3 Å². The Morgan fingerprint density at radius 2 is 1.93 bits per heavy atom. The second-order valence-corrected chi connectivity index (χ2v) is 9.08. The molecule has 0 aliphatic heterocycles. The monoisotopic (exact) mass is 411 g/mol. The fraction of sp³-hybridized carbons (Fsp3) is 0.150. The Morgan fingerprint density at radius 3 is 2.79 bits per heavy atom. The lowest BCUT2D eigenvalue weighted by Gasteiger charge is -2.09. The van der Waals surface area contributed by atoms with Gasteiger partial charge in [0.2, 0.25) is 5.91 Å². The number of thiazole rings is 1. The SMILES string of the molecule is O=C(CCCc1nc2ccccc2s1)NS(=O)(=O)c1cccc2cnccc12. The van der Waals surface area contributed by atoms with Crippen LogP contribution in [0.5, 0.6) is 0 Å². The maximum atomic E-state index is 12.6. The highest BCUT2D eigenvalue weighted by atomic mass is 32.2. The van der Waals surface area contributed by atoms with Crippen LogP contribution in [0.1, 0.15) is 17.8 Å². The van der Waals surface area contributed by atoms with Crippen LogP contribution in [0, 0.1) is 0 Å². The number of aromatic nitrogens is 2. The van der Waals surface area contributed by atoms with Crippen molar-refractivity contribution in [3.8, 4) is 0 Å². The Hall–Kier alpha value is -2.84. The molecule has 0 saturated heterocycles. The van der Waals surface area contributed by atoms with E-state index in [0.29, 0.717) is 23.6 Å². The highest BCUT2D eigenvalue weighted by Gasteiger charge is 2.20. The van der Waals surface area contributed by atoms with Crippen LogP contribution < -0.4 is 4.72 Å². The third-order valence-corrected chi connectivity index (χ3v) is 6.84. The van der Waals surface area contributed by atoms with E-state index in [1.165, 1.54) is 12.3 Å². The highest BCUT2D eigenvalue weighted by molar-refractivity contribution is 7.90. The Bertz CT molecular complexity index is 1230. The summed E-state index contributed by atoms with van der Waals surface area (Å²) in [6.07, 6.45) is 4.39. The third kappa shape index (κ3) is 3.88. The molecule has 0 bridgehead atoms. The van der Waals surface area contributed by atoms with Gasteiger partial charge in [-0.25, -0.2) is 18.1 Å². The number of nitrogens with one attached hydrogen (secondary N) is 1. The summed E-state index contributed by atoms with van der Waals surface area (Å²) < 4.78 is 28.6. The summed E-state index contributed by atoms with van der Waals surface area (Å²) in [6, 6.07) is 14.4. The molecule has 6 nitrogen and oxygen atoms in total. The topological polar surface area (TPSA) is 89.0 Å². The molecule has 0 spiro atoms. The molecule has 0 saturated carbocycles. The van der Waals surface area contributed by atoms with Gasteiger partial charge in [0.15, 0.2) is 0 Å². The van der Waals surface area contributed by atoms with Gasteiger partial charge in [-0.05, 0) is 37.1 Å². The Kier molecular flexibility index (Phi) is 5.06. The summed E-state index contributed by atoms with van der Waals surface area (Å²) in [7, 11) is -3.94. The van der Waals surface area contributed by atoms with E-state index in [1.807, 2.05) is 24.3 Å². The van der Waals surface area contributed by atoms with Crippen molar-refractivity contribution in [3.05, 3.63) is 65.9 Å². The van der Waals surface area contributed by atoms with E-state index in [4.69, 9.17) is 0 Å². The van der Waals surface area contributed by atoms with E-state index in [0.717, 1.165) is 15.2 Å². The summed E-state index contributed by atoms with van der Waals surface area (Å²) in [4.78, 5) is 20.8. The van der Waals surface area contributed by atoms with E-state index >= 15 is 0 Å². The summed E-state index contributed by atoms with van der Waals surface area (Å²) in [5.74, 6) is -0.521. The van der Waals surface area contributed by atoms with Gasteiger partial charge in [-0.15, -0.1) is 11.3 Å². The van der Waals surface area contributed by atoms with Crippen LogP contribution in [0.4, 0.5) is 0 Å². The van der Waals surface area contributed by atoms with Crippen molar-refractivity contribution in [2.24, 2.45) is 0 Å². The molecule has 0 fully saturated rings. The number of sulfonamides is 1. The lowest BCUT2D eigenvalue weighted by molar-refractivity contribution is -0.119. The lowest BCUT2D eigenvalue weighted by Crippen LogP contribution is -2.30. The number of aryl methyl sites for hydroxylation is 1. The van der Waals surface area contributed by atoms with E-state index in [9.17, 15) is 13.2 Å². The minimum Gasteiger partial charge on any atom is -0.274 e. The first-order valence-electron chi connectivity index (χ1n) is 8.76. The fourth-order valence-corrected chi connectivity index (χ4v) is 5.26. The van der Waals surface area contributed by atoms with Gasteiger partial charge in [-0.2, -0.15) is 0 Å². The van der Waals surface area contributed by atoms with Gasteiger partial charge in [0.05, 0.1) is 20.1 Å². The first-order valence-corrected chi connectivity index (χ1v) is 11.1. The minimum absolute atomic E-state index is 0.0759. The summed E-state index contributed by atoms with van der Waals surface area (Å²) in [5, 5.41) is 2.18. The number of amides is 1. The zero-order chi connectivity index (χ0) is 19.6. The molecule has 0 aliphatic carbocycles. The highest BCUT2D eigenvalue weighted by Crippen LogP contribution is 2.23. The Morgan fingerprint density at radius 1 is 1.07 bits per heavy atom. The number of para-hydroxylation sites is 1. The molecule has 0 unspecified atom stereocenters. The quantitative estimate of drug-likeness (QED) is 0.523. The van der Waals surface area contributed by atoms with Crippen molar-refractivity contribution in [1.82, 2.24) is 14.7 Å². The van der Waals surface area contributed by atoms with Gasteiger partial charge < -0.3 is 0 Å². The number of pyridine rings is 1. The van der Waals surface area contributed by atoms with E-state index in [1.54, 1.807) is 35.7 Å². The zero-order valence-electron chi connectivity index (χ0n) is 14.8. The first-order chi connectivity index (χ1) is 13.5. The van der Waals surface area contributed by atoms with Crippen LogP contribution in [0.25, 0.3) is 21.0 Å². The number of carbonyl (C=O) groups is 1. The van der Waals surface area contributed by atoms with Crippen molar-refractivity contribution in [2.75, 3.05) is 0 Å². The van der Waals surface area contributed by atoms with E-state index < -0.39 is 15.9 Å². The molecule has 1 amide bonds. The smallest absolute Gasteiger partial charge is 0.264 e. The lowest BCUT2D eigenvalue weighted by atomic mass is 10.2. The van der Waals surface area contributed by atoms with Crippen molar-refractivity contribution in [3.63, 3.8) is 0 Å². The van der Waals surface area contributed by atoms with Gasteiger partial charge in [0.25, 0.3) is 10.0 Å². The van der Waals surface area contributed by atoms with Gasteiger partial charge in [0, 0.05) is 29.6 Å². The molecular formula is C20H17N3O3S2. The molecule has 8 heteroatoms. The molecular weight excluding hydrogens is 394 g/mol. The number of carbonyl (C=O) groups excluding carboxylic acids is 1. The number of hydrogen-bond donors (Lipinski definition) is 1. The maximum absolute atomic E-state index is 12.6. The van der Waals surface area contributed by atoms with Crippen molar-refractivity contribution in [2.45, 2.75) is 24.2 Å². The van der Waals surface area contributed by atoms with Crippen LogP contribution >= 0.6 is 11.3 Å². The standard InChI is InChI=1S/C20H17N3O3S2/c24-19(9-4-10-20-22-16-6-1-2-7-17(16)27-20)23-28(25,26)18-8-3-5-14-13-21-12-11-15(14)18/h1-3,5-8,11-13H,4,9-10H2,(H,23,24). The normalized spacial score (nSPS) is 11.7. The predicted molar refractivity (Wildman–Crippen MR) is 110 cm³/mol. The van der Waals surface area contributed by atoms with Crippen LogP contribution in [0.2, 0.25) is 0 Å². The molecule has 0 radical (unpaired) electrons. The molecule has 2 aromatic carbocycles. The fourth-order valence-electron chi connectivity index (χ4n) is 3.01. The average Bonchev–Trinajstić information content (AvgIpc) is 3.10. The first kappa shape index (κ1) is 18.5. The summed E-state index contributed by atoms with van der Waals surface area (Å²) >= 11 is 1.59. The minimum atomic E-state index is -3.94. The van der Waals surface area contributed by atoms with E-state index in [2.05, 4.69) is 14.7 Å². The maximum Gasteiger partial charge on any atom is 0.264 e. The molecule has 28 heavy (non-hydrogen) atoms. The number of fused-ring (bicyclic) bond motifs is 2. The van der Waals surface area contributed by atoms with Crippen LogP contribution in [-0.4, -0.2) is 24.3 Å². The van der Waals surface area contributed by atoms with Gasteiger partial charge in [-0.3, -0.25) is 9.78 Å². The molecule has 2 heterocycles. The van der Waals surface area contributed by atoms with Gasteiger partial charge in [0.1, 0.15) is 0 Å². The molecule has 0 aliphatic rings. The summed E-state index contributed by atoms with van der Waals surface area (Å²) in [6.45, 7) is 0. The van der Waals surface area contributed by atoms with Crippen LogP contribution in [-0.2, 0) is 21.2 Å². The number of rotatable bonds is 6. The molecule has 0 atom stereocenters. The molecule has 4 rings (SSSR count). The van der Waals surface area contributed by atoms with Gasteiger partial charge >= 0.3 is 0 Å².